The van der Waals surface area contributed by atoms with Gasteiger partial charge in [-0.3, -0.25) is 9.59 Å². The Hall–Kier alpha value is -3.13. The van der Waals surface area contributed by atoms with Gasteiger partial charge in [-0.05, 0) is 29.8 Å². The number of hydrogen-bond acceptors (Lipinski definition) is 5. The number of H-pyrrole nitrogens is 1. The third-order valence-corrected chi connectivity index (χ3v) is 4.38. The van der Waals surface area contributed by atoms with Gasteiger partial charge in [0.25, 0.3) is 0 Å². The minimum absolute atomic E-state index is 0.161. The molecule has 0 spiro atoms. The lowest BCUT2D eigenvalue weighted by molar-refractivity contribution is -0.116. The first kappa shape index (κ1) is 17.7. The van der Waals surface area contributed by atoms with Crippen LogP contribution in [0.25, 0.3) is 11.2 Å². The number of aromatic amines is 1. The summed E-state index contributed by atoms with van der Waals surface area (Å²) in [4.78, 5) is 35.2. The summed E-state index contributed by atoms with van der Waals surface area (Å²) in [5.41, 5.74) is 2.93. The molecule has 132 valence electrons. The molecule has 0 aliphatic rings. The highest BCUT2D eigenvalue weighted by molar-refractivity contribution is 7.99. The normalized spacial score (nSPS) is 10.5. The van der Waals surface area contributed by atoms with Gasteiger partial charge in [0.15, 0.2) is 10.8 Å². The number of imidazole rings is 1. The van der Waals surface area contributed by atoms with Crippen LogP contribution in [0.3, 0.4) is 0 Å². The van der Waals surface area contributed by atoms with Crippen molar-refractivity contribution in [2.45, 2.75) is 11.7 Å². The molecule has 0 unspecified atom stereocenters. The summed E-state index contributed by atoms with van der Waals surface area (Å²) in [6.07, 6.45) is 2.88. The number of hydrogen-bond donors (Lipinski definition) is 3. The number of pyridine rings is 1. The van der Waals surface area contributed by atoms with E-state index in [2.05, 4.69) is 32.2 Å². The van der Waals surface area contributed by atoms with Gasteiger partial charge in [-0.1, -0.05) is 36.5 Å². The number of nitrogens with zero attached hydrogens (tertiary/aromatic N) is 2. The molecule has 2 aromatic heterocycles. The minimum Gasteiger partial charge on any atom is -0.348 e. The van der Waals surface area contributed by atoms with Crippen molar-refractivity contribution in [3.8, 4) is 0 Å². The number of aromatic nitrogens is 3. The standard InChI is InChI=1S/C18H17N5O2S/c1-2-15(24)20-10-12-6-3-4-7-13(12)21-16(25)11-26-18-22-14-8-5-9-19-17(14)23-18/h2-9H,1,10-11H2,(H,20,24)(H,21,25)(H,19,22,23). The van der Waals surface area contributed by atoms with E-state index < -0.39 is 0 Å². The Morgan fingerprint density at radius 1 is 1.23 bits per heavy atom. The lowest BCUT2D eigenvalue weighted by Gasteiger charge is -2.11. The van der Waals surface area contributed by atoms with Crippen molar-refractivity contribution in [2.75, 3.05) is 11.1 Å². The third kappa shape index (κ3) is 4.48. The lowest BCUT2D eigenvalue weighted by Crippen LogP contribution is -2.22. The van der Waals surface area contributed by atoms with Crippen molar-refractivity contribution in [1.82, 2.24) is 20.3 Å². The van der Waals surface area contributed by atoms with Crippen LogP contribution in [0.1, 0.15) is 5.56 Å². The first-order valence-corrected chi connectivity index (χ1v) is 8.86. The largest absolute Gasteiger partial charge is 0.348 e. The molecule has 0 saturated carbocycles. The molecular weight excluding hydrogens is 350 g/mol. The molecule has 0 radical (unpaired) electrons. The molecule has 0 bridgehead atoms. The van der Waals surface area contributed by atoms with Gasteiger partial charge in [-0.15, -0.1) is 0 Å². The van der Waals surface area contributed by atoms with E-state index in [1.54, 1.807) is 12.3 Å². The molecule has 0 saturated heterocycles. The summed E-state index contributed by atoms with van der Waals surface area (Å²) >= 11 is 1.30. The number of anilines is 1. The summed E-state index contributed by atoms with van der Waals surface area (Å²) in [5, 5.41) is 6.20. The molecule has 8 heteroatoms. The van der Waals surface area contributed by atoms with Crippen LogP contribution in [0.4, 0.5) is 5.69 Å². The van der Waals surface area contributed by atoms with Crippen molar-refractivity contribution in [1.29, 1.82) is 0 Å². The second kappa shape index (κ2) is 8.30. The number of nitrogens with one attached hydrogen (secondary N) is 3. The number of fused-ring (bicyclic) bond motifs is 1. The van der Waals surface area contributed by atoms with Crippen molar-refractivity contribution in [3.05, 3.63) is 60.8 Å². The first-order chi connectivity index (χ1) is 12.7. The number of para-hydroxylation sites is 1. The Balaban J connectivity index is 1.59. The molecule has 0 aliphatic carbocycles. The van der Waals surface area contributed by atoms with E-state index >= 15 is 0 Å². The maximum Gasteiger partial charge on any atom is 0.243 e. The van der Waals surface area contributed by atoms with Crippen LogP contribution < -0.4 is 10.6 Å². The predicted molar refractivity (Wildman–Crippen MR) is 102 cm³/mol. The molecule has 0 aliphatic heterocycles. The van der Waals surface area contributed by atoms with Gasteiger partial charge in [0.1, 0.15) is 0 Å². The molecule has 0 atom stereocenters. The minimum atomic E-state index is -0.264. The van der Waals surface area contributed by atoms with Crippen LogP contribution >= 0.6 is 11.8 Å². The van der Waals surface area contributed by atoms with Gasteiger partial charge >= 0.3 is 0 Å². The molecule has 0 fully saturated rings. The Kier molecular flexibility index (Phi) is 5.65. The zero-order valence-corrected chi connectivity index (χ0v) is 14.7. The maximum atomic E-state index is 12.3. The van der Waals surface area contributed by atoms with E-state index in [1.165, 1.54) is 17.8 Å². The van der Waals surface area contributed by atoms with Crippen molar-refractivity contribution >= 4 is 40.4 Å². The number of carbonyl (C=O) groups is 2. The molecule has 26 heavy (non-hydrogen) atoms. The Labute approximate surface area is 154 Å². The number of benzene rings is 1. The van der Waals surface area contributed by atoms with Crippen molar-refractivity contribution in [3.63, 3.8) is 0 Å². The van der Waals surface area contributed by atoms with Crippen molar-refractivity contribution in [2.24, 2.45) is 0 Å². The molecule has 2 heterocycles. The Morgan fingerprint density at radius 2 is 2.08 bits per heavy atom. The molecule has 2 amide bonds. The van der Waals surface area contributed by atoms with Crippen LogP contribution in [0.2, 0.25) is 0 Å². The summed E-state index contributed by atoms with van der Waals surface area (Å²) < 4.78 is 0. The highest BCUT2D eigenvalue weighted by Crippen LogP contribution is 2.19. The van der Waals surface area contributed by atoms with E-state index in [0.29, 0.717) is 23.0 Å². The monoisotopic (exact) mass is 367 g/mol. The van der Waals surface area contributed by atoms with E-state index in [4.69, 9.17) is 0 Å². The average Bonchev–Trinajstić information content (AvgIpc) is 3.08. The van der Waals surface area contributed by atoms with Gasteiger partial charge in [0.05, 0.1) is 11.3 Å². The predicted octanol–water partition coefficient (Wildman–Crippen LogP) is 2.49. The van der Waals surface area contributed by atoms with Gasteiger partial charge < -0.3 is 15.6 Å². The third-order valence-electron chi connectivity index (χ3n) is 3.51. The average molecular weight is 367 g/mol. The van der Waals surface area contributed by atoms with Crippen LogP contribution in [-0.2, 0) is 16.1 Å². The van der Waals surface area contributed by atoms with Gasteiger partial charge in [-0.2, -0.15) is 0 Å². The highest BCUT2D eigenvalue weighted by Gasteiger charge is 2.10. The number of rotatable bonds is 7. The number of amides is 2. The molecule has 3 aromatic rings. The zero-order chi connectivity index (χ0) is 18.4. The molecule has 3 N–H and O–H groups in total. The van der Waals surface area contributed by atoms with Crippen LogP contribution in [-0.4, -0.2) is 32.5 Å². The highest BCUT2D eigenvalue weighted by atomic mass is 32.2. The summed E-state index contributed by atoms with van der Waals surface area (Å²) in [6.45, 7) is 3.72. The van der Waals surface area contributed by atoms with E-state index in [9.17, 15) is 9.59 Å². The van der Waals surface area contributed by atoms with Gasteiger partial charge in [0, 0.05) is 18.4 Å². The lowest BCUT2D eigenvalue weighted by atomic mass is 10.1. The fourth-order valence-electron chi connectivity index (χ4n) is 2.26. The fourth-order valence-corrected chi connectivity index (χ4v) is 2.94. The SMILES string of the molecule is C=CC(=O)NCc1ccccc1NC(=O)CSc1nc2ncccc2[nH]1. The first-order valence-electron chi connectivity index (χ1n) is 7.87. The van der Waals surface area contributed by atoms with Crippen molar-refractivity contribution < 1.29 is 9.59 Å². The molecule has 7 nitrogen and oxygen atoms in total. The summed E-state index contributed by atoms with van der Waals surface area (Å²) in [6, 6.07) is 11.0. The Morgan fingerprint density at radius 3 is 2.88 bits per heavy atom. The molecule has 3 rings (SSSR count). The second-order valence-corrected chi connectivity index (χ2v) is 6.30. The van der Waals surface area contributed by atoms with Crippen LogP contribution in [0, 0.1) is 0 Å². The van der Waals surface area contributed by atoms with E-state index in [-0.39, 0.29) is 17.6 Å². The van der Waals surface area contributed by atoms with Gasteiger partial charge in [-0.25, -0.2) is 9.97 Å². The maximum absolute atomic E-state index is 12.3. The van der Waals surface area contributed by atoms with E-state index in [0.717, 1.165) is 11.1 Å². The quantitative estimate of drug-likeness (QED) is 0.440. The fraction of sp³-hybridized carbons (Fsp3) is 0.111. The van der Waals surface area contributed by atoms with E-state index in [1.807, 2.05) is 30.3 Å². The molecular formula is C18H17N5O2S. The molecule has 1 aromatic carbocycles. The zero-order valence-electron chi connectivity index (χ0n) is 13.9. The smallest absolute Gasteiger partial charge is 0.243 e. The second-order valence-electron chi connectivity index (χ2n) is 5.33. The Bertz CT molecular complexity index is 920. The number of carbonyl (C=O) groups excluding carboxylic acids is 2. The number of thioether (sulfide) groups is 1. The van der Waals surface area contributed by atoms with Gasteiger partial charge in [0.2, 0.25) is 11.8 Å². The summed E-state index contributed by atoms with van der Waals surface area (Å²) in [7, 11) is 0. The summed E-state index contributed by atoms with van der Waals surface area (Å²) in [5.74, 6) is -0.223. The van der Waals surface area contributed by atoms with Crippen LogP contribution in [0.15, 0.2) is 60.4 Å². The van der Waals surface area contributed by atoms with Crippen LogP contribution in [0.5, 0.6) is 0 Å². The topological polar surface area (TPSA) is 99.8 Å².